The predicted octanol–water partition coefficient (Wildman–Crippen LogP) is 4.20. The van der Waals surface area contributed by atoms with Gasteiger partial charge in [0, 0.05) is 11.4 Å². The fourth-order valence-corrected chi connectivity index (χ4v) is 2.23. The fraction of sp³-hybridized carbons (Fsp3) is 0.200. The van der Waals surface area contributed by atoms with Crippen LogP contribution in [-0.4, -0.2) is 5.11 Å². The Hall–Kier alpha value is -1.45. The summed E-state index contributed by atoms with van der Waals surface area (Å²) in [5.74, 6) is -0.773. The first-order valence-corrected chi connectivity index (χ1v) is 6.23. The van der Waals surface area contributed by atoms with Crippen LogP contribution in [0.5, 0.6) is 0 Å². The van der Waals surface area contributed by atoms with Crippen molar-refractivity contribution in [2.75, 3.05) is 0 Å². The van der Waals surface area contributed by atoms with E-state index < -0.39 is 11.9 Å². The average molecular weight is 283 g/mol. The Labute approximate surface area is 115 Å². The third-order valence-corrected chi connectivity index (χ3v) is 3.25. The van der Waals surface area contributed by atoms with E-state index in [0.29, 0.717) is 21.7 Å². The van der Waals surface area contributed by atoms with E-state index in [-0.39, 0.29) is 12.2 Å². The number of benzene rings is 2. The molecule has 0 aliphatic rings. The van der Waals surface area contributed by atoms with Crippen LogP contribution < -0.4 is 0 Å². The topological polar surface area (TPSA) is 20.2 Å². The molecule has 0 aliphatic carbocycles. The Morgan fingerprint density at radius 3 is 2.58 bits per heavy atom. The molecule has 1 unspecified atom stereocenters. The largest absolute Gasteiger partial charge is 0.388 e. The Morgan fingerprint density at radius 1 is 1.16 bits per heavy atom. The minimum Gasteiger partial charge on any atom is -0.388 e. The van der Waals surface area contributed by atoms with Crippen LogP contribution >= 0.6 is 11.6 Å². The zero-order valence-electron chi connectivity index (χ0n) is 10.3. The minimum atomic E-state index is -0.895. The molecule has 2 aromatic rings. The molecule has 19 heavy (non-hydrogen) atoms. The van der Waals surface area contributed by atoms with Gasteiger partial charge in [0.25, 0.3) is 0 Å². The van der Waals surface area contributed by atoms with Crippen molar-refractivity contribution in [3.8, 4) is 0 Å². The Kier molecular flexibility index (Phi) is 4.17. The summed E-state index contributed by atoms with van der Waals surface area (Å²) in [5, 5.41) is 10.5. The monoisotopic (exact) mass is 282 g/mol. The lowest BCUT2D eigenvalue weighted by atomic mass is 9.97. The fourth-order valence-electron chi connectivity index (χ4n) is 2.03. The molecule has 0 saturated carbocycles. The van der Waals surface area contributed by atoms with Gasteiger partial charge in [0.2, 0.25) is 0 Å². The molecule has 4 heteroatoms. The van der Waals surface area contributed by atoms with Gasteiger partial charge in [0.15, 0.2) is 0 Å². The molecule has 0 bridgehead atoms. The SMILES string of the molecule is Cc1cc(F)ccc1C(O)Cc1cc(Cl)ccc1F. The number of hydrogen-bond acceptors (Lipinski definition) is 1. The van der Waals surface area contributed by atoms with E-state index in [2.05, 4.69) is 0 Å². The molecular weight excluding hydrogens is 270 g/mol. The van der Waals surface area contributed by atoms with Gasteiger partial charge < -0.3 is 5.11 Å². The van der Waals surface area contributed by atoms with E-state index in [0.717, 1.165) is 0 Å². The lowest BCUT2D eigenvalue weighted by Gasteiger charge is -2.14. The van der Waals surface area contributed by atoms with Gasteiger partial charge in [-0.05, 0) is 53.9 Å². The zero-order chi connectivity index (χ0) is 14.0. The van der Waals surface area contributed by atoms with Gasteiger partial charge in [0.1, 0.15) is 11.6 Å². The van der Waals surface area contributed by atoms with Gasteiger partial charge in [-0.2, -0.15) is 0 Å². The summed E-state index contributed by atoms with van der Waals surface area (Å²) < 4.78 is 26.6. The first-order valence-electron chi connectivity index (χ1n) is 5.85. The number of halogens is 3. The summed E-state index contributed by atoms with van der Waals surface area (Å²) in [4.78, 5) is 0. The van der Waals surface area contributed by atoms with Crippen molar-refractivity contribution in [3.63, 3.8) is 0 Å². The summed E-state index contributed by atoms with van der Waals surface area (Å²) in [6, 6.07) is 8.33. The highest BCUT2D eigenvalue weighted by Crippen LogP contribution is 2.25. The first-order chi connectivity index (χ1) is 8.97. The Bertz CT molecular complexity index is 599. The van der Waals surface area contributed by atoms with Crippen LogP contribution in [0.3, 0.4) is 0 Å². The third kappa shape index (κ3) is 3.31. The summed E-state index contributed by atoms with van der Waals surface area (Å²) in [5.41, 5.74) is 1.56. The highest BCUT2D eigenvalue weighted by Gasteiger charge is 2.14. The summed E-state index contributed by atoms with van der Waals surface area (Å²) in [6.45, 7) is 1.70. The van der Waals surface area contributed by atoms with Gasteiger partial charge >= 0.3 is 0 Å². The predicted molar refractivity (Wildman–Crippen MR) is 71.2 cm³/mol. The van der Waals surface area contributed by atoms with E-state index in [9.17, 15) is 13.9 Å². The molecule has 0 heterocycles. The van der Waals surface area contributed by atoms with Crippen LogP contribution in [-0.2, 0) is 6.42 Å². The average Bonchev–Trinajstić information content (AvgIpc) is 2.33. The molecule has 1 N–H and O–H groups in total. The number of rotatable bonds is 3. The molecule has 2 rings (SSSR count). The molecule has 1 atom stereocenters. The van der Waals surface area contributed by atoms with Gasteiger partial charge in [-0.1, -0.05) is 17.7 Å². The summed E-state index contributed by atoms with van der Waals surface area (Å²) >= 11 is 5.80. The van der Waals surface area contributed by atoms with Gasteiger partial charge in [-0.15, -0.1) is 0 Å². The molecule has 0 spiro atoms. The lowest BCUT2D eigenvalue weighted by Crippen LogP contribution is -2.05. The maximum Gasteiger partial charge on any atom is 0.126 e. The van der Waals surface area contributed by atoms with E-state index in [4.69, 9.17) is 11.6 Å². The van der Waals surface area contributed by atoms with Crippen molar-refractivity contribution in [2.24, 2.45) is 0 Å². The second-order valence-electron chi connectivity index (χ2n) is 4.46. The van der Waals surface area contributed by atoms with Crippen molar-refractivity contribution < 1.29 is 13.9 Å². The summed E-state index contributed by atoms with van der Waals surface area (Å²) in [7, 11) is 0. The normalized spacial score (nSPS) is 12.5. The van der Waals surface area contributed by atoms with Crippen molar-refractivity contribution in [1.82, 2.24) is 0 Å². The standard InChI is InChI=1S/C15H13ClF2O/c1-9-6-12(17)3-4-13(9)15(19)8-10-7-11(16)2-5-14(10)18/h2-7,15,19H,8H2,1H3. The van der Waals surface area contributed by atoms with E-state index >= 15 is 0 Å². The zero-order valence-corrected chi connectivity index (χ0v) is 11.1. The molecule has 0 fully saturated rings. The van der Waals surface area contributed by atoms with Crippen molar-refractivity contribution in [1.29, 1.82) is 0 Å². The van der Waals surface area contributed by atoms with Crippen LogP contribution in [0.1, 0.15) is 22.8 Å². The quantitative estimate of drug-likeness (QED) is 0.894. The smallest absolute Gasteiger partial charge is 0.126 e. The molecular formula is C15H13ClF2O. The number of aryl methyl sites for hydroxylation is 1. The molecule has 0 aliphatic heterocycles. The molecule has 0 amide bonds. The molecule has 0 aromatic heterocycles. The molecule has 1 nitrogen and oxygen atoms in total. The van der Waals surface area contributed by atoms with Gasteiger partial charge in [0.05, 0.1) is 6.10 Å². The number of hydrogen-bond donors (Lipinski definition) is 1. The van der Waals surface area contributed by atoms with E-state index in [1.54, 1.807) is 6.92 Å². The van der Waals surface area contributed by atoms with E-state index in [1.807, 2.05) is 0 Å². The number of aliphatic hydroxyl groups excluding tert-OH is 1. The van der Waals surface area contributed by atoms with E-state index in [1.165, 1.54) is 36.4 Å². The van der Waals surface area contributed by atoms with Gasteiger partial charge in [-0.3, -0.25) is 0 Å². The van der Waals surface area contributed by atoms with Crippen molar-refractivity contribution in [3.05, 3.63) is 69.7 Å². The summed E-state index contributed by atoms with van der Waals surface area (Å²) in [6.07, 6.45) is -0.799. The molecule has 100 valence electrons. The second-order valence-corrected chi connectivity index (χ2v) is 4.89. The first kappa shape index (κ1) is 14.0. The van der Waals surface area contributed by atoms with Crippen LogP contribution in [0, 0.1) is 18.6 Å². The maximum absolute atomic E-state index is 13.6. The highest BCUT2D eigenvalue weighted by molar-refractivity contribution is 6.30. The molecule has 2 aromatic carbocycles. The van der Waals surface area contributed by atoms with Crippen LogP contribution in [0.2, 0.25) is 5.02 Å². The Balaban J connectivity index is 2.25. The molecule has 0 radical (unpaired) electrons. The lowest BCUT2D eigenvalue weighted by molar-refractivity contribution is 0.176. The van der Waals surface area contributed by atoms with Crippen molar-refractivity contribution >= 4 is 11.6 Å². The molecule has 0 saturated heterocycles. The van der Waals surface area contributed by atoms with Crippen LogP contribution in [0.25, 0.3) is 0 Å². The Morgan fingerprint density at radius 2 is 1.89 bits per heavy atom. The maximum atomic E-state index is 13.6. The minimum absolute atomic E-state index is 0.0961. The number of aliphatic hydroxyl groups is 1. The van der Waals surface area contributed by atoms with Crippen LogP contribution in [0.4, 0.5) is 8.78 Å². The van der Waals surface area contributed by atoms with Crippen molar-refractivity contribution in [2.45, 2.75) is 19.4 Å². The van der Waals surface area contributed by atoms with Gasteiger partial charge in [-0.25, -0.2) is 8.78 Å². The third-order valence-electron chi connectivity index (χ3n) is 3.01. The second kappa shape index (κ2) is 5.68. The van der Waals surface area contributed by atoms with Crippen LogP contribution in [0.15, 0.2) is 36.4 Å². The highest BCUT2D eigenvalue weighted by atomic mass is 35.5.